The van der Waals surface area contributed by atoms with E-state index in [1.54, 1.807) is 13.2 Å². The second-order valence-electron chi connectivity index (χ2n) is 7.92. The van der Waals surface area contributed by atoms with Gasteiger partial charge >= 0.3 is 0 Å². The minimum atomic E-state index is -1.36. The number of hydrogen-bond donors (Lipinski definition) is 5. The molecule has 2 rings (SSSR count). The van der Waals surface area contributed by atoms with Crippen molar-refractivity contribution >= 4 is 17.7 Å². The summed E-state index contributed by atoms with van der Waals surface area (Å²) in [6.07, 6.45) is -0.0747. The van der Waals surface area contributed by atoms with Crippen LogP contribution in [0.2, 0.25) is 0 Å². The van der Waals surface area contributed by atoms with Crippen LogP contribution in [0.25, 0.3) is 0 Å². The maximum absolute atomic E-state index is 12.9. The number of rotatable bonds is 7. The molecule has 1 amide bonds. The van der Waals surface area contributed by atoms with E-state index in [2.05, 4.69) is 17.1 Å². The first-order valence-corrected chi connectivity index (χ1v) is 11.0. The molecule has 9 unspecified atom stereocenters. The lowest BCUT2D eigenvalue weighted by molar-refractivity contribution is -0.206. The number of ether oxygens (including phenoxy) is 1. The summed E-state index contributed by atoms with van der Waals surface area (Å²) in [7, 11) is 1.94. The lowest BCUT2D eigenvalue weighted by Gasteiger charge is -2.44. The van der Waals surface area contributed by atoms with Crippen molar-refractivity contribution in [3.63, 3.8) is 0 Å². The van der Waals surface area contributed by atoms with Crippen molar-refractivity contribution in [2.45, 2.75) is 81.1 Å². The van der Waals surface area contributed by atoms with Crippen LogP contribution in [-0.2, 0) is 9.53 Å². The van der Waals surface area contributed by atoms with Gasteiger partial charge in [-0.25, -0.2) is 0 Å². The average Bonchev–Trinajstić information content (AvgIpc) is 2.99. The van der Waals surface area contributed by atoms with Crippen molar-refractivity contribution in [1.82, 2.24) is 10.2 Å². The van der Waals surface area contributed by atoms with Gasteiger partial charge in [0.15, 0.2) is 0 Å². The van der Waals surface area contributed by atoms with Crippen LogP contribution in [0.5, 0.6) is 0 Å². The molecule has 9 heteroatoms. The highest BCUT2D eigenvalue weighted by Crippen LogP contribution is 2.30. The quantitative estimate of drug-likeness (QED) is 0.369. The number of nitrogens with one attached hydrogen (secondary N) is 1. The molecule has 2 heterocycles. The standard InChI is InChI=1S/C18H35N3O5S/c1-5-6-10-7-11(21(3)8-10)17(25)20-12(9(2)19)16-14(23)13(22)15(24)18(26-16)27-4/h9-16,18,22-24H,5-8,19H2,1-4H3,(H,20,25). The van der Waals surface area contributed by atoms with Gasteiger partial charge in [-0.05, 0) is 39.0 Å². The fourth-order valence-electron chi connectivity index (χ4n) is 4.17. The maximum Gasteiger partial charge on any atom is 0.237 e. The van der Waals surface area contributed by atoms with E-state index in [1.165, 1.54) is 11.8 Å². The monoisotopic (exact) mass is 405 g/mol. The Labute approximate surface area is 165 Å². The largest absolute Gasteiger partial charge is 0.388 e. The number of carbonyl (C=O) groups is 1. The van der Waals surface area contributed by atoms with Crippen LogP contribution in [0.15, 0.2) is 0 Å². The van der Waals surface area contributed by atoms with E-state index in [-0.39, 0.29) is 11.9 Å². The van der Waals surface area contributed by atoms with Crippen molar-refractivity contribution in [3.05, 3.63) is 0 Å². The Kier molecular flexibility index (Phi) is 8.35. The van der Waals surface area contributed by atoms with Gasteiger partial charge in [0.2, 0.25) is 5.91 Å². The highest BCUT2D eigenvalue weighted by Gasteiger charge is 2.48. The molecule has 6 N–H and O–H groups in total. The smallest absolute Gasteiger partial charge is 0.237 e. The number of aliphatic hydroxyl groups is 3. The summed E-state index contributed by atoms with van der Waals surface area (Å²) in [6, 6.07) is -1.42. The lowest BCUT2D eigenvalue weighted by Crippen LogP contribution is -2.66. The molecule has 0 aromatic carbocycles. The SMILES string of the molecule is CCCC1CC(C(=O)NC(C(C)N)C2OC(SC)C(O)C(O)C2O)N(C)C1. The summed E-state index contributed by atoms with van der Waals surface area (Å²) in [5, 5.41) is 33.6. The van der Waals surface area contributed by atoms with Crippen LogP contribution in [0.3, 0.4) is 0 Å². The zero-order chi connectivity index (χ0) is 20.3. The topological polar surface area (TPSA) is 128 Å². The Morgan fingerprint density at radius 3 is 2.56 bits per heavy atom. The first-order valence-electron chi connectivity index (χ1n) is 9.69. The van der Waals surface area contributed by atoms with Crippen molar-refractivity contribution < 1.29 is 24.9 Å². The summed E-state index contributed by atoms with van der Waals surface area (Å²) in [6.45, 7) is 4.75. The first-order chi connectivity index (χ1) is 12.7. The van der Waals surface area contributed by atoms with Gasteiger partial charge in [-0.1, -0.05) is 13.3 Å². The molecule has 2 saturated heterocycles. The zero-order valence-electron chi connectivity index (χ0n) is 16.6. The number of nitrogens with two attached hydrogens (primary N) is 1. The third-order valence-electron chi connectivity index (χ3n) is 5.70. The highest BCUT2D eigenvalue weighted by molar-refractivity contribution is 7.99. The molecule has 0 aromatic heterocycles. The molecular weight excluding hydrogens is 370 g/mol. The van der Waals surface area contributed by atoms with Crippen LogP contribution in [0.4, 0.5) is 0 Å². The molecule has 0 aliphatic carbocycles. The van der Waals surface area contributed by atoms with Gasteiger partial charge in [-0.2, -0.15) is 0 Å². The molecule has 27 heavy (non-hydrogen) atoms. The predicted molar refractivity (Wildman–Crippen MR) is 105 cm³/mol. The van der Waals surface area contributed by atoms with E-state index < -0.39 is 41.9 Å². The fraction of sp³-hybridized carbons (Fsp3) is 0.944. The van der Waals surface area contributed by atoms with Crippen molar-refractivity contribution in [2.75, 3.05) is 19.8 Å². The average molecular weight is 406 g/mol. The third kappa shape index (κ3) is 5.14. The van der Waals surface area contributed by atoms with Gasteiger partial charge in [0, 0.05) is 12.6 Å². The number of carbonyl (C=O) groups excluding carboxylic acids is 1. The number of likely N-dealkylation sites (tertiary alicyclic amines) is 1. The molecule has 9 atom stereocenters. The molecule has 8 nitrogen and oxygen atoms in total. The van der Waals surface area contributed by atoms with Gasteiger partial charge in [0.05, 0.1) is 12.1 Å². The lowest BCUT2D eigenvalue weighted by atomic mass is 9.91. The Bertz CT molecular complexity index is 496. The van der Waals surface area contributed by atoms with Crippen LogP contribution in [0.1, 0.15) is 33.1 Å². The molecule has 2 aliphatic heterocycles. The van der Waals surface area contributed by atoms with E-state index in [0.29, 0.717) is 5.92 Å². The van der Waals surface area contributed by atoms with E-state index in [9.17, 15) is 20.1 Å². The minimum Gasteiger partial charge on any atom is -0.388 e. The number of amides is 1. The van der Waals surface area contributed by atoms with Crippen molar-refractivity contribution in [3.8, 4) is 0 Å². The maximum atomic E-state index is 12.9. The Morgan fingerprint density at radius 1 is 1.33 bits per heavy atom. The molecule has 2 aliphatic rings. The Hall–Kier alpha value is -0.420. The number of hydrogen-bond acceptors (Lipinski definition) is 8. The van der Waals surface area contributed by atoms with E-state index in [4.69, 9.17) is 10.5 Å². The molecule has 0 spiro atoms. The summed E-state index contributed by atoms with van der Waals surface area (Å²) in [4.78, 5) is 15.0. The van der Waals surface area contributed by atoms with Crippen molar-refractivity contribution in [1.29, 1.82) is 0 Å². The van der Waals surface area contributed by atoms with Crippen molar-refractivity contribution in [2.24, 2.45) is 11.7 Å². The number of aliphatic hydroxyl groups excluding tert-OH is 3. The Morgan fingerprint density at radius 2 is 2.00 bits per heavy atom. The van der Waals surface area contributed by atoms with Crippen LogP contribution in [-0.4, -0.2) is 94.0 Å². The number of likely N-dealkylation sites (N-methyl/N-ethyl adjacent to an activating group) is 1. The number of thioether (sulfide) groups is 1. The van der Waals surface area contributed by atoms with Crippen LogP contribution >= 0.6 is 11.8 Å². The summed E-state index contributed by atoms with van der Waals surface area (Å²) in [5.74, 6) is 0.356. The number of nitrogens with zero attached hydrogens (tertiary/aromatic N) is 1. The van der Waals surface area contributed by atoms with E-state index >= 15 is 0 Å². The predicted octanol–water partition coefficient (Wildman–Crippen LogP) is -0.891. The minimum absolute atomic E-state index is 0.143. The second kappa shape index (κ2) is 9.87. The molecule has 0 saturated carbocycles. The molecule has 0 radical (unpaired) electrons. The van der Waals surface area contributed by atoms with Crippen LogP contribution < -0.4 is 11.1 Å². The fourth-order valence-corrected chi connectivity index (χ4v) is 4.85. The van der Waals surface area contributed by atoms with Gasteiger partial charge in [0.25, 0.3) is 0 Å². The van der Waals surface area contributed by atoms with Gasteiger partial charge in [-0.15, -0.1) is 11.8 Å². The molecule has 2 fully saturated rings. The summed E-state index contributed by atoms with van der Waals surface area (Å²) < 4.78 is 5.80. The third-order valence-corrected chi connectivity index (χ3v) is 6.56. The highest BCUT2D eigenvalue weighted by atomic mass is 32.2. The second-order valence-corrected chi connectivity index (χ2v) is 8.85. The Balaban J connectivity index is 2.09. The molecule has 158 valence electrons. The zero-order valence-corrected chi connectivity index (χ0v) is 17.4. The summed E-state index contributed by atoms with van der Waals surface area (Å²) in [5.41, 5.74) is 5.38. The molecule has 0 aromatic rings. The van der Waals surface area contributed by atoms with Crippen LogP contribution in [0, 0.1) is 5.92 Å². The van der Waals surface area contributed by atoms with Gasteiger partial charge < -0.3 is 31.1 Å². The normalized spacial score (nSPS) is 39.9. The molecule has 0 bridgehead atoms. The van der Waals surface area contributed by atoms with Gasteiger partial charge in [0.1, 0.15) is 29.9 Å². The van der Waals surface area contributed by atoms with E-state index in [0.717, 1.165) is 25.8 Å². The first kappa shape index (κ1) is 22.9. The molecular formula is C18H35N3O5S. The summed E-state index contributed by atoms with van der Waals surface area (Å²) >= 11 is 1.24. The van der Waals surface area contributed by atoms with Gasteiger partial charge in [-0.3, -0.25) is 9.69 Å². The van der Waals surface area contributed by atoms with E-state index in [1.807, 2.05) is 7.05 Å².